The van der Waals surface area contributed by atoms with Gasteiger partial charge in [-0.3, -0.25) is 9.78 Å². The maximum atomic E-state index is 12.5. The summed E-state index contributed by atoms with van der Waals surface area (Å²) in [6, 6.07) is 12.0. The minimum Gasteiger partial charge on any atom is -0.369 e. The highest BCUT2D eigenvalue weighted by molar-refractivity contribution is 5.95. The summed E-state index contributed by atoms with van der Waals surface area (Å²) in [5, 5.41) is 3.09. The van der Waals surface area contributed by atoms with Crippen LogP contribution in [0.5, 0.6) is 0 Å². The first-order valence-electron chi connectivity index (χ1n) is 9.40. The number of amides is 1. The smallest absolute Gasteiger partial charge is 0.228 e. The highest BCUT2D eigenvalue weighted by Gasteiger charge is 2.15. The average molecular weight is 354 g/mol. The summed E-state index contributed by atoms with van der Waals surface area (Å²) in [7, 11) is 0. The van der Waals surface area contributed by atoms with Crippen LogP contribution in [0.15, 0.2) is 42.6 Å². The number of anilines is 2. The SMILES string of the molecule is Cc1ccc(CC(=O)Nc2ccccc2N(CC(C)C)CC(C)C)cn1. The fraction of sp³-hybridized carbons (Fsp3) is 0.455. The van der Waals surface area contributed by atoms with Crippen LogP contribution in [0.3, 0.4) is 0 Å². The van der Waals surface area contributed by atoms with Crippen LogP contribution in [-0.4, -0.2) is 24.0 Å². The fourth-order valence-electron chi connectivity index (χ4n) is 2.99. The molecule has 26 heavy (non-hydrogen) atoms. The third-order valence-corrected chi connectivity index (χ3v) is 4.03. The zero-order valence-electron chi connectivity index (χ0n) is 16.6. The van der Waals surface area contributed by atoms with Gasteiger partial charge in [0.2, 0.25) is 5.91 Å². The summed E-state index contributed by atoms with van der Waals surface area (Å²) in [5.41, 5.74) is 3.84. The highest BCUT2D eigenvalue weighted by atomic mass is 16.1. The van der Waals surface area contributed by atoms with Gasteiger partial charge in [0, 0.05) is 25.0 Å². The monoisotopic (exact) mass is 353 g/mol. The van der Waals surface area contributed by atoms with Crippen molar-refractivity contribution < 1.29 is 4.79 Å². The Labute approximate surface area is 157 Å². The molecule has 4 heteroatoms. The maximum absolute atomic E-state index is 12.5. The van der Waals surface area contributed by atoms with Gasteiger partial charge in [-0.25, -0.2) is 0 Å². The van der Waals surface area contributed by atoms with Crippen molar-refractivity contribution in [2.45, 2.75) is 41.0 Å². The van der Waals surface area contributed by atoms with Gasteiger partial charge in [0.1, 0.15) is 0 Å². The van der Waals surface area contributed by atoms with Crippen LogP contribution in [0, 0.1) is 18.8 Å². The Bertz CT molecular complexity index is 698. The molecule has 0 aliphatic carbocycles. The Morgan fingerprint density at radius 1 is 1.04 bits per heavy atom. The topological polar surface area (TPSA) is 45.2 Å². The molecule has 140 valence electrons. The van der Waals surface area contributed by atoms with E-state index in [1.54, 1.807) is 6.20 Å². The van der Waals surface area contributed by atoms with Gasteiger partial charge in [0.25, 0.3) is 0 Å². The molecule has 2 rings (SSSR count). The molecule has 1 aromatic carbocycles. The van der Waals surface area contributed by atoms with Crippen molar-refractivity contribution in [3.8, 4) is 0 Å². The largest absolute Gasteiger partial charge is 0.369 e. The number of aryl methyl sites for hydroxylation is 1. The van der Waals surface area contributed by atoms with Crippen molar-refractivity contribution in [3.05, 3.63) is 53.9 Å². The van der Waals surface area contributed by atoms with Gasteiger partial charge in [-0.15, -0.1) is 0 Å². The van der Waals surface area contributed by atoms with Gasteiger partial charge >= 0.3 is 0 Å². The van der Waals surface area contributed by atoms with E-state index >= 15 is 0 Å². The van der Waals surface area contributed by atoms with Crippen LogP contribution in [0.25, 0.3) is 0 Å². The molecular weight excluding hydrogens is 322 g/mol. The number of para-hydroxylation sites is 2. The molecule has 0 radical (unpaired) electrons. The second-order valence-corrected chi connectivity index (χ2v) is 7.74. The molecule has 2 aromatic rings. The highest BCUT2D eigenvalue weighted by Crippen LogP contribution is 2.27. The number of hydrogen-bond acceptors (Lipinski definition) is 3. The molecule has 0 fully saturated rings. The van der Waals surface area contributed by atoms with Gasteiger partial charge in [-0.05, 0) is 42.5 Å². The van der Waals surface area contributed by atoms with Gasteiger partial charge in [0.15, 0.2) is 0 Å². The van der Waals surface area contributed by atoms with E-state index < -0.39 is 0 Å². The number of hydrogen-bond donors (Lipinski definition) is 1. The van der Waals surface area contributed by atoms with E-state index in [9.17, 15) is 4.79 Å². The van der Waals surface area contributed by atoms with E-state index in [4.69, 9.17) is 0 Å². The minimum absolute atomic E-state index is 0.0165. The Hall–Kier alpha value is -2.36. The predicted octanol–water partition coefficient (Wildman–Crippen LogP) is 4.69. The zero-order chi connectivity index (χ0) is 19.1. The number of carbonyl (C=O) groups is 1. The summed E-state index contributed by atoms with van der Waals surface area (Å²) in [6.45, 7) is 12.8. The quantitative estimate of drug-likeness (QED) is 0.749. The number of aromatic nitrogens is 1. The second kappa shape index (κ2) is 9.37. The van der Waals surface area contributed by atoms with Crippen LogP contribution in [0.4, 0.5) is 11.4 Å². The molecule has 0 atom stereocenters. The normalized spacial score (nSPS) is 11.0. The molecule has 1 amide bonds. The maximum Gasteiger partial charge on any atom is 0.228 e. The lowest BCUT2D eigenvalue weighted by atomic mass is 10.1. The standard InChI is InChI=1S/C22H31N3O/c1-16(2)14-25(15-17(3)4)21-9-7-6-8-20(21)24-22(26)12-19-11-10-18(5)23-13-19/h6-11,13,16-17H,12,14-15H2,1-5H3,(H,24,26). The molecule has 0 aliphatic heterocycles. The van der Waals surface area contributed by atoms with Crippen LogP contribution < -0.4 is 10.2 Å². The van der Waals surface area contributed by atoms with E-state index in [1.165, 1.54) is 0 Å². The molecule has 0 saturated carbocycles. The van der Waals surface area contributed by atoms with Gasteiger partial charge in [0.05, 0.1) is 17.8 Å². The Morgan fingerprint density at radius 3 is 2.27 bits per heavy atom. The second-order valence-electron chi connectivity index (χ2n) is 7.74. The molecule has 0 aliphatic rings. The number of nitrogens with one attached hydrogen (secondary N) is 1. The minimum atomic E-state index is -0.0165. The lowest BCUT2D eigenvalue weighted by molar-refractivity contribution is -0.115. The Morgan fingerprint density at radius 2 is 1.69 bits per heavy atom. The summed E-state index contributed by atoms with van der Waals surface area (Å²) in [5.74, 6) is 1.09. The fourth-order valence-corrected chi connectivity index (χ4v) is 2.99. The first-order chi connectivity index (χ1) is 12.3. The first kappa shape index (κ1) is 20.0. The third kappa shape index (κ3) is 6.17. The van der Waals surface area contributed by atoms with E-state index in [2.05, 4.69) is 49.0 Å². The van der Waals surface area contributed by atoms with Gasteiger partial charge < -0.3 is 10.2 Å². The molecule has 1 heterocycles. The number of carbonyl (C=O) groups excluding carboxylic acids is 1. The Kier molecular flexibility index (Phi) is 7.19. The van der Waals surface area contributed by atoms with Crippen LogP contribution in [0.1, 0.15) is 39.0 Å². The molecular formula is C22H31N3O. The van der Waals surface area contributed by atoms with E-state index in [0.29, 0.717) is 18.3 Å². The van der Waals surface area contributed by atoms with E-state index in [-0.39, 0.29) is 5.91 Å². The van der Waals surface area contributed by atoms with E-state index in [0.717, 1.165) is 35.7 Å². The number of benzene rings is 1. The molecule has 0 spiro atoms. The van der Waals surface area contributed by atoms with Gasteiger partial charge in [-0.1, -0.05) is 45.9 Å². The zero-order valence-corrected chi connectivity index (χ0v) is 16.6. The van der Waals surface area contributed by atoms with Crippen molar-refractivity contribution in [3.63, 3.8) is 0 Å². The molecule has 0 bridgehead atoms. The van der Waals surface area contributed by atoms with Crippen LogP contribution >= 0.6 is 0 Å². The summed E-state index contributed by atoms with van der Waals surface area (Å²) in [6.07, 6.45) is 2.10. The third-order valence-electron chi connectivity index (χ3n) is 4.03. The van der Waals surface area contributed by atoms with Crippen molar-refractivity contribution in [1.82, 2.24) is 4.98 Å². The van der Waals surface area contributed by atoms with Crippen LogP contribution in [0.2, 0.25) is 0 Å². The van der Waals surface area contributed by atoms with Crippen molar-refractivity contribution in [2.75, 3.05) is 23.3 Å². The summed E-state index contributed by atoms with van der Waals surface area (Å²) >= 11 is 0. The van der Waals surface area contributed by atoms with Crippen molar-refractivity contribution in [1.29, 1.82) is 0 Å². The lowest BCUT2D eigenvalue weighted by Crippen LogP contribution is -2.32. The Balaban J connectivity index is 2.15. The molecule has 1 aromatic heterocycles. The molecule has 1 N–H and O–H groups in total. The molecule has 0 saturated heterocycles. The molecule has 4 nitrogen and oxygen atoms in total. The van der Waals surface area contributed by atoms with E-state index in [1.807, 2.05) is 37.3 Å². The predicted molar refractivity (Wildman–Crippen MR) is 110 cm³/mol. The number of rotatable bonds is 8. The average Bonchev–Trinajstić information content (AvgIpc) is 2.56. The number of pyridine rings is 1. The summed E-state index contributed by atoms with van der Waals surface area (Å²) in [4.78, 5) is 19.2. The number of nitrogens with zero attached hydrogens (tertiary/aromatic N) is 2. The lowest BCUT2D eigenvalue weighted by Gasteiger charge is -2.30. The van der Waals surface area contributed by atoms with Crippen LogP contribution in [-0.2, 0) is 11.2 Å². The molecule has 0 unspecified atom stereocenters. The first-order valence-corrected chi connectivity index (χ1v) is 9.40. The van der Waals surface area contributed by atoms with Crippen molar-refractivity contribution in [2.24, 2.45) is 11.8 Å². The van der Waals surface area contributed by atoms with Gasteiger partial charge in [-0.2, -0.15) is 0 Å². The summed E-state index contributed by atoms with van der Waals surface area (Å²) < 4.78 is 0. The van der Waals surface area contributed by atoms with Crippen molar-refractivity contribution >= 4 is 17.3 Å².